The van der Waals surface area contributed by atoms with Crippen LogP contribution in [0.15, 0.2) is 0 Å². The predicted octanol–water partition coefficient (Wildman–Crippen LogP) is 2.48. The number of hydrogen-bond donors (Lipinski definition) is 0. The van der Waals surface area contributed by atoms with Gasteiger partial charge in [-0.05, 0) is 46.7 Å². The number of Topliss-reactive ketones (excluding diaryl/α,β-unsaturated/α-hetero) is 1. The molecule has 0 bridgehead atoms. The molecule has 0 aliphatic carbocycles. The van der Waals surface area contributed by atoms with Crippen LogP contribution >= 0.6 is 0 Å². The first-order valence-corrected chi connectivity index (χ1v) is 5.31. The maximum Gasteiger partial charge on any atom is 0.129 e. The third-order valence-electron chi connectivity index (χ3n) is 2.37. The average molecular weight is 185 g/mol. The second kappa shape index (κ2) is 7.07. The number of nitrogens with zero attached hydrogens (tertiary/aromatic N) is 1. The molecule has 1 aliphatic rings. The fourth-order valence-corrected chi connectivity index (χ4v) is 1.26. The van der Waals surface area contributed by atoms with Crippen molar-refractivity contribution in [1.82, 2.24) is 4.90 Å². The summed E-state index contributed by atoms with van der Waals surface area (Å²) in [7, 11) is 0. The van der Waals surface area contributed by atoms with Crippen LogP contribution in [-0.4, -0.2) is 29.8 Å². The predicted molar refractivity (Wildman–Crippen MR) is 56.9 cm³/mol. The van der Waals surface area contributed by atoms with E-state index in [0.717, 1.165) is 6.04 Å². The third-order valence-corrected chi connectivity index (χ3v) is 2.37. The quantitative estimate of drug-likeness (QED) is 0.658. The Balaban J connectivity index is 0.000000252. The van der Waals surface area contributed by atoms with E-state index < -0.39 is 0 Å². The Morgan fingerprint density at radius 2 is 1.69 bits per heavy atom. The van der Waals surface area contributed by atoms with Crippen molar-refractivity contribution in [1.29, 1.82) is 0 Å². The highest BCUT2D eigenvalue weighted by atomic mass is 16.1. The van der Waals surface area contributed by atoms with Gasteiger partial charge in [0.1, 0.15) is 5.78 Å². The lowest BCUT2D eigenvalue weighted by Gasteiger charge is -2.18. The molecule has 0 aromatic rings. The minimum atomic E-state index is 0.255. The first-order chi connectivity index (χ1) is 6.07. The maximum absolute atomic E-state index is 9.81. The molecule has 78 valence electrons. The Kier molecular flexibility index (Phi) is 6.87. The molecule has 0 saturated carbocycles. The highest BCUT2D eigenvalue weighted by Gasteiger charge is 2.13. The van der Waals surface area contributed by atoms with Crippen molar-refractivity contribution in [2.24, 2.45) is 0 Å². The van der Waals surface area contributed by atoms with Crippen LogP contribution in [0.1, 0.15) is 47.0 Å². The summed E-state index contributed by atoms with van der Waals surface area (Å²) >= 11 is 0. The first-order valence-electron chi connectivity index (χ1n) is 5.31. The molecule has 0 amide bonds. The number of likely N-dealkylation sites (tertiary alicyclic amines) is 1. The summed E-state index contributed by atoms with van der Waals surface area (Å²) < 4.78 is 0. The van der Waals surface area contributed by atoms with Crippen molar-refractivity contribution < 1.29 is 4.79 Å². The summed E-state index contributed by atoms with van der Waals surface area (Å²) in [4.78, 5) is 12.3. The second-order valence-electron chi connectivity index (χ2n) is 3.89. The molecule has 1 rings (SSSR count). The van der Waals surface area contributed by atoms with Crippen LogP contribution in [0, 0.1) is 0 Å². The molecule has 1 aliphatic heterocycles. The molecule has 1 heterocycles. The van der Waals surface area contributed by atoms with Gasteiger partial charge in [0.25, 0.3) is 0 Å². The normalized spacial score (nSPS) is 17.0. The maximum atomic E-state index is 9.81. The van der Waals surface area contributed by atoms with Gasteiger partial charge in [-0.2, -0.15) is 0 Å². The fraction of sp³-hybridized carbons (Fsp3) is 0.909. The van der Waals surface area contributed by atoms with Gasteiger partial charge < -0.3 is 9.69 Å². The zero-order chi connectivity index (χ0) is 10.3. The molecule has 0 radical (unpaired) electrons. The number of ketones is 1. The molecule has 13 heavy (non-hydrogen) atoms. The van der Waals surface area contributed by atoms with Crippen LogP contribution in [-0.2, 0) is 4.79 Å². The lowest BCUT2D eigenvalue weighted by molar-refractivity contribution is -0.116. The minimum Gasteiger partial charge on any atom is -0.301 e. The molecule has 0 unspecified atom stereocenters. The van der Waals surface area contributed by atoms with Crippen LogP contribution in [0.5, 0.6) is 0 Å². The molecule has 1 fully saturated rings. The van der Waals surface area contributed by atoms with Crippen LogP contribution in [0.25, 0.3) is 0 Å². The summed E-state index contributed by atoms with van der Waals surface area (Å²) in [5.74, 6) is 0.255. The van der Waals surface area contributed by atoms with E-state index in [1.165, 1.54) is 25.9 Å². The van der Waals surface area contributed by atoms with Gasteiger partial charge in [0.05, 0.1) is 0 Å². The highest BCUT2D eigenvalue weighted by Crippen LogP contribution is 2.09. The van der Waals surface area contributed by atoms with Gasteiger partial charge in [-0.3, -0.25) is 0 Å². The molecule has 0 aromatic heterocycles. The van der Waals surface area contributed by atoms with Crippen LogP contribution in [0.4, 0.5) is 0 Å². The van der Waals surface area contributed by atoms with E-state index in [1.54, 1.807) is 6.92 Å². The summed E-state index contributed by atoms with van der Waals surface area (Å²) in [5.41, 5.74) is 0. The van der Waals surface area contributed by atoms with Crippen molar-refractivity contribution in [3.05, 3.63) is 0 Å². The van der Waals surface area contributed by atoms with Gasteiger partial charge in [-0.25, -0.2) is 0 Å². The first kappa shape index (κ1) is 12.6. The highest BCUT2D eigenvalue weighted by molar-refractivity contribution is 5.74. The van der Waals surface area contributed by atoms with Gasteiger partial charge in [0, 0.05) is 12.5 Å². The van der Waals surface area contributed by atoms with Crippen LogP contribution < -0.4 is 0 Å². The monoisotopic (exact) mass is 185 g/mol. The van der Waals surface area contributed by atoms with E-state index in [-0.39, 0.29) is 5.78 Å². The van der Waals surface area contributed by atoms with E-state index in [4.69, 9.17) is 0 Å². The molecular formula is C11H23NO. The number of hydrogen-bond acceptors (Lipinski definition) is 2. The minimum absolute atomic E-state index is 0.255. The Morgan fingerprint density at radius 1 is 1.31 bits per heavy atom. The average Bonchev–Trinajstić information content (AvgIpc) is 2.57. The molecule has 0 atom stereocenters. The smallest absolute Gasteiger partial charge is 0.129 e. The third kappa shape index (κ3) is 6.76. The van der Waals surface area contributed by atoms with Crippen molar-refractivity contribution in [2.45, 2.75) is 53.0 Å². The molecule has 0 aromatic carbocycles. The lowest BCUT2D eigenvalue weighted by Crippen LogP contribution is -2.26. The Morgan fingerprint density at radius 3 is 1.85 bits per heavy atom. The molecule has 1 saturated heterocycles. The number of carbonyl (C=O) groups excluding carboxylic acids is 1. The molecule has 2 nitrogen and oxygen atoms in total. The zero-order valence-corrected chi connectivity index (χ0v) is 9.47. The van der Waals surface area contributed by atoms with Gasteiger partial charge in [-0.15, -0.1) is 0 Å². The van der Waals surface area contributed by atoms with E-state index in [0.29, 0.717) is 6.42 Å². The number of rotatable bonds is 2. The summed E-state index contributed by atoms with van der Waals surface area (Å²) in [6, 6.07) is 0.775. The summed E-state index contributed by atoms with van der Waals surface area (Å²) in [6.07, 6.45) is 3.50. The van der Waals surface area contributed by atoms with E-state index in [9.17, 15) is 4.79 Å². The summed E-state index contributed by atoms with van der Waals surface area (Å²) in [6.45, 7) is 10.6. The lowest BCUT2D eigenvalue weighted by atomic mass is 10.3. The van der Waals surface area contributed by atoms with Gasteiger partial charge >= 0.3 is 0 Å². The van der Waals surface area contributed by atoms with E-state index in [2.05, 4.69) is 18.7 Å². The molecular weight excluding hydrogens is 162 g/mol. The Bertz CT molecular complexity index is 137. The Hall–Kier alpha value is -0.370. The molecule has 2 heteroatoms. The van der Waals surface area contributed by atoms with Crippen molar-refractivity contribution in [3.8, 4) is 0 Å². The van der Waals surface area contributed by atoms with Gasteiger partial charge in [-0.1, -0.05) is 6.92 Å². The van der Waals surface area contributed by atoms with Crippen LogP contribution in [0.3, 0.4) is 0 Å². The van der Waals surface area contributed by atoms with Crippen molar-refractivity contribution >= 4 is 5.78 Å². The second-order valence-corrected chi connectivity index (χ2v) is 3.89. The van der Waals surface area contributed by atoms with E-state index >= 15 is 0 Å². The van der Waals surface area contributed by atoms with Gasteiger partial charge in [0.2, 0.25) is 0 Å². The number of carbonyl (C=O) groups is 1. The standard InChI is InChI=1S/C7H15N.C4H8O/c1-7(2)8-5-3-4-6-8;1-3-4(2)5/h7H,3-6H2,1-2H3;3H2,1-2H3. The summed E-state index contributed by atoms with van der Waals surface area (Å²) in [5, 5.41) is 0. The largest absolute Gasteiger partial charge is 0.301 e. The van der Waals surface area contributed by atoms with E-state index in [1.807, 2.05) is 6.92 Å². The van der Waals surface area contributed by atoms with Crippen molar-refractivity contribution in [3.63, 3.8) is 0 Å². The zero-order valence-electron chi connectivity index (χ0n) is 9.47. The topological polar surface area (TPSA) is 20.3 Å². The van der Waals surface area contributed by atoms with Gasteiger partial charge in [0.15, 0.2) is 0 Å². The molecule has 0 spiro atoms. The Labute approximate surface area is 82.3 Å². The SMILES string of the molecule is CC(C)N1CCCC1.CCC(C)=O. The van der Waals surface area contributed by atoms with Crippen molar-refractivity contribution in [2.75, 3.05) is 13.1 Å². The molecule has 0 N–H and O–H groups in total. The van der Waals surface area contributed by atoms with Crippen LogP contribution in [0.2, 0.25) is 0 Å². The fourth-order valence-electron chi connectivity index (χ4n) is 1.26.